The summed E-state index contributed by atoms with van der Waals surface area (Å²) in [5.74, 6) is 0.530. The van der Waals surface area contributed by atoms with Gasteiger partial charge in [-0.25, -0.2) is 24.0 Å². The van der Waals surface area contributed by atoms with Crippen LogP contribution < -0.4 is 42.8 Å². The second kappa shape index (κ2) is 46.6. The van der Waals surface area contributed by atoms with Gasteiger partial charge in [0.15, 0.2) is 12.2 Å². The van der Waals surface area contributed by atoms with E-state index >= 15 is 0 Å². The number of amides is 4. The average molecular weight is 1330 g/mol. The number of rotatable bonds is 41. The molecule has 3 aliphatic rings. The van der Waals surface area contributed by atoms with Crippen LogP contribution in [0, 0.1) is 17.8 Å². The molecule has 0 spiro atoms. The fourth-order valence-corrected chi connectivity index (χ4v) is 10.6. The molecule has 4 amide bonds. The summed E-state index contributed by atoms with van der Waals surface area (Å²) >= 11 is 4.99. The normalized spacial score (nSPS) is 23.4. The van der Waals surface area contributed by atoms with E-state index in [2.05, 4.69) is 73.4 Å². The zero-order valence-electron chi connectivity index (χ0n) is 53.7. The number of hydrogen-bond acceptors (Lipinski definition) is 25. The summed E-state index contributed by atoms with van der Waals surface area (Å²) in [5, 5.41) is 34.5. The van der Waals surface area contributed by atoms with E-state index < -0.39 is 71.0 Å². The minimum absolute atomic E-state index is 0.0218. The first-order chi connectivity index (χ1) is 42.6. The first-order valence-corrected chi connectivity index (χ1v) is 34.1. The molecule has 3 fully saturated rings. The molecule has 8 N–H and O–H groups in total. The minimum Gasteiger partial charge on any atom is -0.477 e. The summed E-state index contributed by atoms with van der Waals surface area (Å²) in [6.07, 6.45) is 0.407. The van der Waals surface area contributed by atoms with Crippen LogP contribution in [0.15, 0.2) is 9.59 Å². The molecule has 1 aromatic carbocycles. The lowest BCUT2D eigenvalue weighted by Gasteiger charge is -2.42. The van der Waals surface area contributed by atoms with E-state index in [-0.39, 0.29) is 45.4 Å². The molecule has 3 aliphatic heterocycles. The van der Waals surface area contributed by atoms with Crippen LogP contribution in [0.2, 0.25) is 0 Å². The van der Waals surface area contributed by atoms with Crippen LogP contribution in [0.5, 0.6) is 0 Å². The number of hydrogen-bond donors (Lipinski definition) is 8. The maximum atomic E-state index is 12.4. The molecule has 0 bridgehead atoms. The third kappa shape index (κ3) is 33.1. The summed E-state index contributed by atoms with van der Waals surface area (Å²) < 4.78 is 63.3. The Balaban J connectivity index is 0.000000529. The monoisotopic (exact) mass is 1330 g/mol. The molecule has 0 aliphatic carbocycles. The number of methoxy groups -OCH3 is 1. The molecule has 3 heterocycles. The Bertz CT molecular complexity index is 2180. The molecule has 5 unspecified atom stereocenters. The summed E-state index contributed by atoms with van der Waals surface area (Å²) in [6, 6.07) is 0. The number of aliphatic carboxylic acids is 2. The molecule has 514 valence electrons. The zero-order valence-corrected chi connectivity index (χ0v) is 56.2. The molecule has 0 saturated carbocycles. The third-order valence-corrected chi connectivity index (χ3v) is 17.4. The highest BCUT2D eigenvalue weighted by atomic mass is 32.2. The van der Waals surface area contributed by atoms with Gasteiger partial charge in [-0.15, -0.1) is 0 Å². The SMILES string of the molecule is CCC1OC(C)C(C)C(C)C1C.CCCOCCCSCCNC(=O)OC(CNC(=O)OC1COC(C)(C(=O)O)OC1)CNC(=O)OC1COC(C)(C(=O)O)OC1.CCCSCC(=O)NCCNc1c(NCCSCCCOCCOCCOC)c(=O)c1=O. The second-order valence-corrected chi connectivity index (χ2v) is 24.9. The predicted octanol–water partition coefficient (Wildman–Crippen LogP) is 4.78. The van der Waals surface area contributed by atoms with Crippen LogP contribution in [0.1, 0.15) is 94.4 Å². The summed E-state index contributed by atoms with van der Waals surface area (Å²) in [4.78, 5) is 94.7. The van der Waals surface area contributed by atoms with Gasteiger partial charge in [0.25, 0.3) is 22.4 Å². The number of anilines is 2. The van der Waals surface area contributed by atoms with Gasteiger partial charge < -0.3 is 99.0 Å². The molecule has 1 aromatic rings. The van der Waals surface area contributed by atoms with E-state index in [9.17, 15) is 38.4 Å². The number of carboxylic acids is 2. The molecule has 0 aromatic heterocycles. The summed E-state index contributed by atoms with van der Waals surface area (Å²) in [6.45, 7) is 22.6. The number of carboxylic acid groups (broad SMARTS) is 2. The average Bonchev–Trinajstić information content (AvgIpc) is 3.55. The Morgan fingerprint density at radius 2 is 1.06 bits per heavy atom. The number of carbonyl (C=O) groups is 6. The van der Waals surface area contributed by atoms with E-state index in [4.69, 9.17) is 67.1 Å². The van der Waals surface area contributed by atoms with E-state index in [0.29, 0.717) is 107 Å². The molecule has 4 rings (SSSR count). The molecule has 28 nitrogen and oxygen atoms in total. The van der Waals surface area contributed by atoms with Crippen LogP contribution in [0.25, 0.3) is 0 Å². The van der Waals surface area contributed by atoms with Gasteiger partial charge in [-0.1, -0.05) is 41.5 Å². The number of carbonyl (C=O) groups excluding carboxylic acids is 4. The van der Waals surface area contributed by atoms with Crippen molar-refractivity contribution in [1.29, 1.82) is 0 Å². The van der Waals surface area contributed by atoms with Gasteiger partial charge in [-0.2, -0.15) is 35.3 Å². The van der Waals surface area contributed by atoms with Crippen molar-refractivity contribution < 1.29 is 95.8 Å². The van der Waals surface area contributed by atoms with E-state index in [0.717, 1.165) is 73.6 Å². The van der Waals surface area contributed by atoms with Gasteiger partial charge in [0.2, 0.25) is 5.91 Å². The summed E-state index contributed by atoms with van der Waals surface area (Å²) in [7, 11) is 1.64. The number of thioether (sulfide) groups is 3. The molecular weight excluding hydrogens is 1230 g/mol. The highest BCUT2D eigenvalue weighted by Crippen LogP contribution is 2.35. The van der Waals surface area contributed by atoms with Crippen LogP contribution in [0.3, 0.4) is 0 Å². The largest absolute Gasteiger partial charge is 0.477 e. The van der Waals surface area contributed by atoms with Crippen molar-refractivity contribution in [3.63, 3.8) is 0 Å². The lowest BCUT2D eigenvalue weighted by molar-refractivity contribution is -0.278. The Morgan fingerprint density at radius 1 is 0.562 bits per heavy atom. The van der Waals surface area contributed by atoms with Crippen molar-refractivity contribution >= 4 is 82.8 Å². The minimum atomic E-state index is -1.85. The topological polar surface area (TPSA) is 360 Å². The van der Waals surface area contributed by atoms with Crippen molar-refractivity contribution in [3.8, 4) is 0 Å². The molecular formula is C58H102N6O22S3. The first-order valence-electron chi connectivity index (χ1n) is 30.6. The second-order valence-electron chi connectivity index (χ2n) is 21.3. The molecule has 0 radical (unpaired) electrons. The number of alkyl carbamates (subject to hydrolysis) is 3. The van der Waals surface area contributed by atoms with Crippen LogP contribution in [0.4, 0.5) is 25.8 Å². The Morgan fingerprint density at radius 3 is 1.55 bits per heavy atom. The van der Waals surface area contributed by atoms with E-state index in [1.54, 1.807) is 42.4 Å². The molecule has 89 heavy (non-hydrogen) atoms. The highest BCUT2D eigenvalue weighted by Gasteiger charge is 2.43. The molecule has 31 heteroatoms. The van der Waals surface area contributed by atoms with Gasteiger partial charge in [-0.05, 0) is 74.0 Å². The standard InChI is InChI=1S/C26H43N3O15S.C21H37N3O6S2.C11H22O/c1-4-7-37-8-5-9-45-10-6-27-22(34)42-17(11-28-23(35)43-18-13-38-25(2,20(30)31)39-14-18)12-29-24(36)44-19-15-40-26(3,21(32)33)41-16-19;1-3-13-32-16-17(25)22-5-6-23-18-19(21(27)20(18)26)24-7-15-31-14-4-8-29-11-12-30-10-9-28-2;1-6-11-9(4)7(2)8(3)10(5)12-11/h17-19H,4-16H2,1-3H3,(H,27,34)(H,28,35)(H,29,36)(H,30,31)(H,32,33);23-24H,3-16H2,1-2H3,(H,22,25);7-11H,6H2,1-5H3. The van der Waals surface area contributed by atoms with Gasteiger partial charge in [0, 0.05) is 78.5 Å². The molecule has 3 saturated heterocycles. The van der Waals surface area contributed by atoms with Crippen molar-refractivity contribution in [3.05, 3.63) is 20.4 Å². The van der Waals surface area contributed by atoms with Crippen molar-refractivity contribution in [2.45, 2.75) is 137 Å². The number of ether oxygens (including phenoxy) is 12. The van der Waals surface area contributed by atoms with Gasteiger partial charge >= 0.3 is 30.2 Å². The van der Waals surface area contributed by atoms with E-state index in [1.807, 2.05) is 6.92 Å². The van der Waals surface area contributed by atoms with Gasteiger partial charge in [-0.3, -0.25) is 14.4 Å². The fraction of sp³-hybridized carbons (Fsp3) is 0.828. The smallest absolute Gasteiger partial charge is 0.407 e. The first kappa shape index (κ1) is 80.7. The zero-order chi connectivity index (χ0) is 66.0. The maximum absolute atomic E-state index is 12.4. The lowest BCUT2D eigenvalue weighted by atomic mass is 9.76. The summed E-state index contributed by atoms with van der Waals surface area (Å²) in [5.41, 5.74) is -0.333. The Labute approximate surface area is 536 Å². The maximum Gasteiger partial charge on any atom is 0.407 e. The van der Waals surface area contributed by atoms with Crippen molar-refractivity contribution in [2.24, 2.45) is 17.8 Å². The highest BCUT2D eigenvalue weighted by molar-refractivity contribution is 8.00. The molecule has 5 atom stereocenters. The fourth-order valence-electron chi connectivity index (χ4n) is 8.33. The van der Waals surface area contributed by atoms with Crippen LogP contribution >= 0.6 is 35.3 Å². The van der Waals surface area contributed by atoms with Crippen LogP contribution in [-0.2, 0) is 71.2 Å². The Kier molecular flexibility index (Phi) is 42.3. The Hall–Kier alpha value is -4.41. The quantitative estimate of drug-likeness (QED) is 0.0248. The van der Waals surface area contributed by atoms with Gasteiger partial charge in [0.1, 0.15) is 17.5 Å². The third-order valence-electron chi connectivity index (χ3n) is 14.1. The van der Waals surface area contributed by atoms with Crippen molar-refractivity contribution in [1.82, 2.24) is 21.3 Å². The number of nitrogens with one attached hydrogen (secondary N) is 6. The van der Waals surface area contributed by atoms with Crippen molar-refractivity contribution in [2.75, 3.05) is 164 Å². The van der Waals surface area contributed by atoms with Gasteiger partial charge in [0.05, 0.1) is 83.9 Å². The van der Waals surface area contributed by atoms with E-state index in [1.165, 1.54) is 13.8 Å². The van der Waals surface area contributed by atoms with Crippen LogP contribution in [-0.4, -0.2) is 242 Å². The predicted molar refractivity (Wildman–Crippen MR) is 340 cm³/mol. The lowest BCUT2D eigenvalue weighted by Crippen LogP contribution is -2.52.